The summed E-state index contributed by atoms with van der Waals surface area (Å²) in [4.78, 5) is 0. The van der Waals surface area contributed by atoms with E-state index in [0.717, 1.165) is 18.2 Å². The Labute approximate surface area is 89.3 Å². The lowest BCUT2D eigenvalue weighted by molar-refractivity contribution is -0.137. The fourth-order valence-corrected chi connectivity index (χ4v) is 1.35. The van der Waals surface area contributed by atoms with Crippen molar-refractivity contribution in [1.82, 2.24) is 5.32 Å². The van der Waals surface area contributed by atoms with Gasteiger partial charge in [-0.1, -0.05) is 12.1 Å². The Balaban J connectivity index is 3.07. The first-order valence-corrected chi connectivity index (χ1v) is 4.49. The molecule has 0 aliphatic heterocycles. The Morgan fingerprint density at radius 1 is 1.19 bits per heavy atom. The molecule has 1 nitrogen and oxygen atoms in total. The second-order valence-electron chi connectivity index (χ2n) is 3.22. The molecule has 0 saturated carbocycles. The van der Waals surface area contributed by atoms with Crippen molar-refractivity contribution in [3.63, 3.8) is 0 Å². The highest BCUT2D eigenvalue weighted by atomic mass is 19.4. The minimum atomic E-state index is -4.52. The number of nitrogens with one attached hydrogen (secondary N) is 1. The average Bonchev–Trinajstić information content (AvgIpc) is 2.17. The van der Waals surface area contributed by atoms with Crippen molar-refractivity contribution < 1.29 is 22.0 Å². The molecule has 6 heteroatoms. The molecule has 16 heavy (non-hydrogen) atoms. The van der Waals surface area contributed by atoms with E-state index in [1.165, 1.54) is 13.1 Å². The molecule has 90 valence electrons. The fraction of sp³-hybridized carbons (Fsp3) is 0.400. The second-order valence-corrected chi connectivity index (χ2v) is 3.22. The van der Waals surface area contributed by atoms with Crippen molar-refractivity contribution in [3.8, 4) is 0 Å². The number of benzene rings is 1. The van der Waals surface area contributed by atoms with Crippen LogP contribution in [0.5, 0.6) is 0 Å². The zero-order chi connectivity index (χ0) is 12.3. The molecule has 1 aromatic carbocycles. The van der Waals surface area contributed by atoms with Crippen LogP contribution in [0.2, 0.25) is 0 Å². The van der Waals surface area contributed by atoms with Crippen LogP contribution in [-0.2, 0) is 6.18 Å². The maximum absolute atomic E-state index is 12.5. The van der Waals surface area contributed by atoms with E-state index in [4.69, 9.17) is 0 Å². The minimum absolute atomic E-state index is 0.0766. The Morgan fingerprint density at radius 2 is 1.81 bits per heavy atom. The maximum atomic E-state index is 12.5. The summed E-state index contributed by atoms with van der Waals surface area (Å²) in [6.45, 7) is 0. The van der Waals surface area contributed by atoms with Crippen molar-refractivity contribution in [2.45, 2.75) is 18.6 Å². The molecule has 1 unspecified atom stereocenters. The third kappa shape index (κ3) is 2.91. The quantitative estimate of drug-likeness (QED) is 0.798. The third-order valence-electron chi connectivity index (χ3n) is 2.14. The van der Waals surface area contributed by atoms with Crippen LogP contribution in [0.4, 0.5) is 22.0 Å². The molecule has 0 radical (unpaired) electrons. The highest BCUT2D eigenvalue weighted by Crippen LogP contribution is 2.31. The van der Waals surface area contributed by atoms with E-state index < -0.39 is 24.2 Å². The smallest absolute Gasteiger partial charge is 0.308 e. The van der Waals surface area contributed by atoms with Gasteiger partial charge in [-0.25, -0.2) is 8.78 Å². The van der Waals surface area contributed by atoms with Crippen LogP contribution in [-0.4, -0.2) is 13.5 Å². The summed E-state index contributed by atoms with van der Waals surface area (Å²) in [6, 6.07) is 2.55. The van der Waals surface area contributed by atoms with Gasteiger partial charge in [0.25, 0.3) is 6.43 Å². The van der Waals surface area contributed by atoms with Crippen molar-refractivity contribution in [2.75, 3.05) is 7.05 Å². The monoisotopic (exact) mass is 239 g/mol. The maximum Gasteiger partial charge on any atom is 0.416 e. The standard InChI is InChI=1S/C10H10F5N/c1-16-8(9(11)12)6-3-2-4-7(5-6)10(13,14)15/h2-5,8-9,16H,1H3. The van der Waals surface area contributed by atoms with Gasteiger partial charge in [0.2, 0.25) is 0 Å². The van der Waals surface area contributed by atoms with Crippen LogP contribution in [0, 0.1) is 0 Å². The fourth-order valence-electron chi connectivity index (χ4n) is 1.35. The summed E-state index contributed by atoms with van der Waals surface area (Å²) >= 11 is 0. The highest BCUT2D eigenvalue weighted by molar-refractivity contribution is 5.28. The number of rotatable bonds is 3. The molecule has 0 aromatic heterocycles. The SMILES string of the molecule is CNC(c1cccc(C(F)(F)F)c1)C(F)F. The summed E-state index contributed by atoms with van der Waals surface area (Å²) in [5.74, 6) is 0. The van der Waals surface area contributed by atoms with E-state index in [-0.39, 0.29) is 5.56 Å². The zero-order valence-electron chi connectivity index (χ0n) is 8.35. The highest BCUT2D eigenvalue weighted by Gasteiger charge is 2.31. The Bertz CT molecular complexity index is 347. The number of halogens is 5. The van der Waals surface area contributed by atoms with E-state index in [2.05, 4.69) is 5.32 Å². The lowest BCUT2D eigenvalue weighted by Crippen LogP contribution is -2.24. The van der Waals surface area contributed by atoms with Crippen LogP contribution in [0.15, 0.2) is 24.3 Å². The van der Waals surface area contributed by atoms with E-state index in [1.807, 2.05) is 0 Å². The van der Waals surface area contributed by atoms with Gasteiger partial charge >= 0.3 is 6.18 Å². The molecule has 0 amide bonds. The molecule has 0 aliphatic carbocycles. The molecule has 1 atom stereocenters. The van der Waals surface area contributed by atoms with Crippen LogP contribution in [0.1, 0.15) is 17.2 Å². The van der Waals surface area contributed by atoms with Gasteiger partial charge in [-0.05, 0) is 24.7 Å². The zero-order valence-corrected chi connectivity index (χ0v) is 8.35. The normalized spacial score (nSPS) is 14.2. The number of hydrogen-bond acceptors (Lipinski definition) is 1. The van der Waals surface area contributed by atoms with Crippen molar-refractivity contribution in [3.05, 3.63) is 35.4 Å². The van der Waals surface area contributed by atoms with Gasteiger partial charge in [0.05, 0.1) is 11.6 Å². The molecule has 0 heterocycles. The van der Waals surface area contributed by atoms with Gasteiger partial charge in [-0.3, -0.25) is 0 Å². The third-order valence-corrected chi connectivity index (χ3v) is 2.14. The van der Waals surface area contributed by atoms with Crippen molar-refractivity contribution in [2.24, 2.45) is 0 Å². The second kappa shape index (κ2) is 4.78. The number of hydrogen-bond donors (Lipinski definition) is 1. The summed E-state index contributed by atoms with van der Waals surface area (Å²) in [5, 5.41) is 2.28. The van der Waals surface area contributed by atoms with Gasteiger partial charge in [0.1, 0.15) is 0 Å². The van der Waals surface area contributed by atoms with Gasteiger partial charge in [-0.2, -0.15) is 13.2 Å². The van der Waals surface area contributed by atoms with Crippen LogP contribution in [0.3, 0.4) is 0 Å². The lowest BCUT2D eigenvalue weighted by Gasteiger charge is -2.17. The predicted octanol–water partition coefficient (Wildman–Crippen LogP) is 3.23. The molecule has 1 N–H and O–H groups in total. The summed E-state index contributed by atoms with van der Waals surface area (Å²) in [6.07, 6.45) is -7.27. The average molecular weight is 239 g/mol. The molecule has 0 bridgehead atoms. The number of alkyl halides is 5. The molecular formula is C10H10F5N. The van der Waals surface area contributed by atoms with Crippen molar-refractivity contribution >= 4 is 0 Å². The molecule has 1 rings (SSSR count). The summed E-state index contributed by atoms with van der Waals surface area (Å²) in [7, 11) is 1.27. The molecule has 0 spiro atoms. The van der Waals surface area contributed by atoms with Crippen LogP contribution in [0.25, 0.3) is 0 Å². The summed E-state index contributed by atoms with van der Waals surface area (Å²) in [5.41, 5.74) is -1.00. The molecular weight excluding hydrogens is 229 g/mol. The van der Waals surface area contributed by atoms with Crippen LogP contribution < -0.4 is 5.32 Å². The van der Waals surface area contributed by atoms with E-state index >= 15 is 0 Å². The first-order valence-electron chi connectivity index (χ1n) is 4.49. The van der Waals surface area contributed by atoms with Gasteiger partial charge < -0.3 is 5.32 Å². The van der Waals surface area contributed by atoms with E-state index in [9.17, 15) is 22.0 Å². The van der Waals surface area contributed by atoms with E-state index in [1.54, 1.807) is 0 Å². The molecule has 0 aliphatic rings. The Morgan fingerprint density at radius 3 is 2.25 bits per heavy atom. The van der Waals surface area contributed by atoms with Crippen molar-refractivity contribution in [1.29, 1.82) is 0 Å². The first-order chi connectivity index (χ1) is 7.36. The molecule has 1 aromatic rings. The van der Waals surface area contributed by atoms with Gasteiger partial charge in [-0.15, -0.1) is 0 Å². The minimum Gasteiger partial charge on any atom is -0.308 e. The Kier molecular flexibility index (Phi) is 3.85. The molecule has 0 fully saturated rings. The Hall–Kier alpha value is -1.17. The largest absolute Gasteiger partial charge is 0.416 e. The lowest BCUT2D eigenvalue weighted by atomic mass is 10.0. The van der Waals surface area contributed by atoms with Gasteiger partial charge in [0, 0.05) is 0 Å². The van der Waals surface area contributed by atoms with Crippen LogP contribution >= 0.6 is 0 Å². The van der Waals surface area contributed by atoms with Gasteiger partial charge in [0.15, 0.2) is 0 Å². The predicted molar refractivity (Wildman–Crippen MR) is 49.2 cm³/mol. The molecule has 0 saturated heterocycles. The van der Waals surface area contributed by atoms with E-state index in [0.29, 0.717) is 0 Å². The summed E-state index contributed by atoms with van der Waals surface area (Å²) < 4.78 is 61.9. The first kappa shape index (κ1) is 12.9. The topological polar surface area (TPSA) is 12.0 Å².